The van der Waals surface area contributed by atoms with Crippen LogP contribution in [0.5, 0.6) is 0 Å². The maximum atomic E-state index is 5.93. The lowest BCUT2D eigenvalue weighted by Crippen LogP contribution is -2.30. The van der Waals surface area contributed by atoms with Crippen LogP contribution >= 0.6 is 0 Å². The highest BCUT2D eigenvalue weighted by molar-refractivity contribution is 5.05. The Morgan fingerprint density at radius 1 is 1.47 bits per heavy atom. The minimum atomic E-state index is 0.574. The summed E-state index contributed by atoms with van der Waals surface area (Å²) in [7, 11) is 2.10. The fourth-order valence-corrected chi connectivity index (χ4v) is 3.32. The summed E-state index contributed by atoms with van der Waals surface area (Å²) < 4.78 is 2.17. The molecule has 2 N–H and O–H groups in total. The highest BCUT2D eigenvalue weighted by Crippen LogP contribution is 2.40. The average molecular weight is 235 g/mol. The van der Waals surface area contributed by atoms with Crippen molar-refractivity contribution in [3.05, 3.63) is 18.2 Å². The molecule has 0 aromatic carbocycles. The predicted molar refractivity (Wildman–Crippen MR) is 70.7 cm³/mol. The lowest BCUT2D eigenvalue weighted by atomic mass is 9.72. The van der Waals surface area contributed by atoms with Crippen LogP contribution in [0, 0.1) is 11.8 Å². The number of nitrogens with zero attached hydrogens (tertiary/aromatic N) is 2. The van der Waals surface area contributed by atoms with Crippen molar-refractivity contribution in [1.29, 1.82) is 0 Å². The fraction of sp³-hybridized carbons (Fsp3) is 0.786. The molecule has 3 heteroatoms. The molecule has 1 aromatic rings. The molecule has 0 bridgehead atoms. The van der Waals surface area contributed by atoms with Crippen LogP contribution < -0.4 is 5.73 Å². The molecule has 3 unspecified atom stereocenters. The van der Waals surface area contributed by atoms with Crippen LogP contribution in [0.4, 0.5) is 0 Å². The molecule has 0 saturated heterocycles. The summed E-state index contributed by atoms with van der Waals surface area (Å²) >= 11 is 0. The molecule has 1 aromatic heterocycles. The number of imidazole rings is 1. The predicted octanol–water partition coefficient (Wildman–Crippen LogP) is 2.68. The van der Waals surface area contributed by atoms with Gasteiger partial charge in [-0.05, 0) is 31.2 Å². The third-order valence-electron chi connectivity index (χ3n) is 4.29. The lowest BCUT2D eigenvalue weighted by molar-refractivity contribution is 0.221. The molecule has 1 aliphatic rings. The molecule has 96 valence electrons. The summed E-state index contributed by atoms with van der Waals surface area (Å²) in [5.74, 6) is 3.32. The van der Waals surface area contributed by atoms with Gasteiger partial charge in [-0.3, -0.25) is 0 Å². The molecule has 1 fully saturated rings. The second-order valence-corrected chi connectivity index (χ2v) is 5.47. The third kappa shape index (κ3) is 2.71. The minimum Gasteiger partial charge on any atom is -0.338 e. The maximum absolute atomic E-state index is 5.93. The molecule has 3 nitrogen and oxygen atoms in total. The van der Waals surface area contributed by atoms with Crippen LogP contribution in [0.25, 0.3) is 0 Å². The zero-order valence-corrected chi connectivity index (χ0v) is 11.1. The first-order valence-electron chi connectivity index (χ1n) is 6.93. The Labute approximate surface area is 104 Å². The third-order valence-corrected chi connectivity index (χ3v) is 4.29. The van der Waals surface area contributed by atoms with E-state index in [0.717, 1.165) is 12.5 Å². The molecule has 17 heavy (non-hydrogen) atoms. The summed E-state index contributed by atoms with van der Waals surface area (Å²) in [5.41, 5.74) is 5.93. The van der Waals surface area contributed by atoms with Crippen molar-refractivity contribution >= 4 is 0 Å². The van der Waals surface area contributed by atoms with Gasteiger partial charge < -0.3 is 10.3 Å². The minimum absolute atomic E-state index is 0.574. The van der Waals surface area contributed by atoms with Gasteiger partial charge in [-0.25, -0.2) is 4.98 Å². The number of aryl methyl sites for hydroxylation is 1. The quantitative estimate of drug-likeness (QED) is 0.872. The Balaban J connectivity index is 2.13. The molecule has 3 atom stereocenters. The molecule has 0 aliphatic heterocycles. The Morgan fingerprint density at radius 3 is 2.88 bits per heavy atom. The molecule has 0 radical (unpaired) electrons. The Morgan fingerprint density at radius 2 is 2.29 bits per heavy atom. The zero-order chi connectivity index (χ0) is 12.3. The molecule has 0 amide bonds. The summed E-state index contributed by atoms with van der Waals surface area (Å²) in [5, 5.41) is 0. The van der Waals surface area contributed by atoms with Crippen LogP contribution in [-0.2, 0) is 7.05 Å². The summed E-state index contributed by atoms with van der Waals surface area (Å²) in [6.45, 7) is 3.08. The van der Waals surface area contributed by atoms with Crippen LogP contribution in [0.15, 0.2) is 12.4 Å². The molecule has 0 spiro atoms. The lowest BCUT2D eigenvalue weighted by Gasteiger charge is -2.35. The van der Waals surface area contributed by atoms with E-state index in [2.05, 4.69) is 23.5 Å². The number of nitrogens with two attached hydrogens (primary N) is 1. The van der Waals surface area contributed by atoms with Crippen LogP contribution in [0.2, 0.25) is 0 Å². The van der Waals surface area contributed by atoms with E-state index in [4.69, 9.17) is 5.73 Å². The summed E-state index contributed by atoms with van der Waals surface area (Å²) in [4.78, 5) is 4.54. The highest BCUT2D eigenvalue weighted by Gasteiger charge is 2.32. The van der Waals surface area contributed by atoms with E-state index in [-0.39, 0.29) is 0 Å². The first-order valence-corrected chi connectivity index (χ1v) is 6.93. The van der Waals surface area contributed by atoms with E-state index in [9.17, 15) is 0 Å². The van der Waals surface area contributed by atoms with E-state index in [1.54, 1.807) is 0 Å². The van der Waals surface area contributed by atoms with E-state index >= 15 is 0 Å². The van der Waals surface area contributed by atoms with E-state index in [1.807, 2.05) is 12.4 Å². The molecule has 2 rings (SSSR count). The van der Waals surface area contributed by atoms with Gasteiger partial charge in [-0.15, -0.1) is 0 Å². The summed E-state index contributed by atoms with van der Waals surface area (Å²) in [6, 6.07) is 0. The van der Waals surface area contributed by atoms with E-state index in [1.165, 1.54) is 37.9 Å². The van der Waals surface area contributed by atoms with Crippen LogP contribution in [0.3, 0.4) is 0 Å². The second kappa shape index (κ2) is 5.67. The Bertz CT molecular complexity index is 345. The van der Waals surface area contributed by atoms with Crippen molar-refractivity contribution in [3.8, 4) is 0 Å². The van der Waals surface area contributed by atoms with E-state index < -0.39 is 0 Å². The van der Waals surface area contributed by atoms with Gasteiger partial charge in [0.2, 0.25) is 0 Å². The number of rotatable bonds is 4. The number of aromatic nitrogens is 2. The molecule has 1 saturated carbocycles. The second-order valence-electron chi connectivity index (χ2n) is 5.47. The van der Waals surface area contributed by atoms with Crippen molar-refractivity contribution in [3.63, 3.8) is 0 Å². The Kier molecular flexibility index (Phi) is 4.21. The average Bonchev–Trinajstić information content (AvgIpc) is 2.76. The van der Waals surface area contributed by atoms with Gasteiger partial charge in [0.1, 0.15) is 5.82 Å². The molecule has 1 heterocycles. The standard InChI is InChI=1S/C14H25N3/c1-3-4-11-5-6-12(10-15)13(9-11)14-16-7-8-17(14)2/h7-8,11-13H,3-6,9-10,15H2,1-2H3. The first kappa shape index (κ1) is 12.6. The molecular formula is C14H25N3. The van der Waals surface area contributed by atoms with Gasteiger partial charge in [0.25, 0.3) is 0 Å². The van der Waals surface area contributed by atoms with Gasteiger partial charge in [-0.1, -0.05) is 26.2 Å². The van der Waals surface area contributed by atoms with Gasteiger partial charge in [0.05, 0.1) is 0 Å². The molecule has 1 aliphatic carbocycles. The SMILES string of the molecule is CCCC1CCC(CN)C(c2nccn2C)C1. The van der Waals surface area contributed by atoms with Crippen molar-refractivity contribution in [2.75, 3.05) is 6.54 Å². The topological polar surface area (TPSA) is 43.8 Å². The Hall–Kier alpha value is -0.830. The van der Waals surface area contributed by atoms with E-state index in [0.29, 0.717) is 11.8 Å². The van der Waals surface area contributed by atoms with Crippen LogP contribution in [0.1, 0.15) is 50.8 Å². The first-order chi connectivity index (χ1) is 8.26. The number of hydrogen-bond acceptors (Lipinski definition) is 2. The maximum Gasteiger partial charge on any atom is 0.111 e. The summed E-state index contributed by atoms with van der Waals surface area (Å²) in [6.07, 6.45) is 10.5. The van der Waals surface area contributed by atoms with Crippen LogP contribution in [-0.4, -0.2) is 16.1 Å². The van der Waals surface area contributed by atoms with Crippen molar-refractivity contribution in [2.45, 2.75) is 44.9 Å². The van der Waals surface area contributed by atoms with Crippen molar-refractivity contribution in [2.24, 2.45) is 24.6 Å². The largest absolute Gasteiger partial charge is 0.338 e. The fourth-order valence-electron chi connectivity index (χ4n) is 3.32. The van der Waals surface area contributed by atoms with Gasteiger partial charge >= 0.3 is 0 Å². The normalized spacial score (nSPS) is 29.5. The monoisotopic (exact) mass is 235 g/mol. The van der Waals surface area contributed by atoms with Gasteiger partial charge in [0, 0.05) is 25.4 Å². The zero-order valence-electron chi connectivity index (χ0n) is 11.1. The van der Waals surface area contributed by atoms with Gasteiger partial charge in [-0.2, -0.15) is 0 Å². The number of hydrogen-bond donors (Lipinski definition) is 1. The van der Waals surface area contributed by atoms with Gasteiger partial charge in [0.15, 0.2) is 0 Å². The van der Waals surface area contributed by atoms with Crippen molar-refractivity contribution < 1.29 is 0 Å². The molecular weight excluding hydrogens is 210 g/mol. The van der Waals surface area contributed by atoms with Crippen molar-refractivity contribution in [1.82, 2.24) is 9.55 Å². The smallest absolute Gasteiger partial charge is 0.111 e. The highest BCUT2D eigenvalue weighted by atomic mass is 15.0.